The average Bonchev–Trinajstić information content (AvgIpc) is 1.61. The van der Waals surface area contributed by atoms with E-state index in [0.717, 1.165) is 34.0 Å². The third kappa shape index (κ3) is 18.6. The fraction of sp³-hybridized carbons (Fsp3) is 0.456. The lowest BCUT2D eigenvalue weighted by atomic mass is 9.88. The molecule has 14 rings (SSSR count). The van der Waals surface area contributed by atoms with Gasteiger partial charge in [-0.15, -0.1) is 45.3 Å². The highest BCUT2D eigenvalue weighted by atomic mass is 32.1. The van der Waals surface area contributed by atoms with Gasteiger partial charge in [0.15, 0.2) is 0 Å². The maximum absolute atomic E-state index is 6.07. The third-order valence-corrected chi connectivity index (χ3v) is 29.2. The maximum Gasteiger partial charge on any atom is 0.137 e. The molecule has 0 spiro atoms. The van der Waals surface area contributed by atoms with Gasteiger partial charge in [-0.25, -0.2) is 0 Å². The van der Waals surface area contributed by atoms with Crippen molar-refractivity contribution < 1.29 is 13.3 Å². The van der Waals surface area contributed by atoms with E-state index in [1.807, 2.05) is 57.5 Å². The summed E-state index contributed by atoms with van der Waals surface area (Å²) in [5.41, 5.74) is 30.6. The van der Waals surface area contributed by atoms with E-state index in [2.05, 4.69) is 362 Å². The minimum absolute atomic E-state index is 0.0714. The summed E-state index contributed by atoms with van der Waals surface area (Å²) < 4.78 is 23.9. The Labute approximate surface area is 681 Å². The van der Waals surface area contributed by atoms with Crippen LogP contribution in [0.15, 0.2) is 110 Å². The summed E-state index contributed by atoms with van der Waals surface area (Å²) >= 11 is 7.87. The minimum atomic E-state index is 0.0714. The van der Waals surface area contributed by atoms with Crippen LogP contribution >= 0.6 is 45.3 Å². The van der Waals surface area contributed by atoms with Crippen molar-refractivity contribution >= 4 is 119 Å². The molecule has 7 heteroatoms. The zero-order chi connectivity index (χ0) is 82.9. The fourth-order valence-corrected chi connectivity index (χ4v) is 21.9. The number of furan rings is 3. The fourth-order valence-electron chi connectivity index (χ4n) is 16.3. The molecule has 0 N–H and O–H groups in total. The number of para-hydroxylation sites is 1. The number of aryl methyl sites for hydroxylation is 17. The van der Waals surface area contributed by atoms with E-state index >= 15 is 0 Å². The molecule has 0 aliphatic carbocycles. The summed E-state index contributed by atoms with van der Waals surface area (Å²) in [6.07, 6.45) is 0. The van der Waals surface area contributed by atoms with Crippen LogP contribution in [0.2, 0.25) is 0 Å². The van der Waals surface area contributed by atoms with Crippen LogP contribution in [-0.2, 0) is 37.9 Å². The molecule has 7 aromatic carbocycles. The standard InChI is InChI=1S/C17H24S.C15H20O.C15H20S.2C14H18O.2C14H18S/c1-9-10(2)12(4)15-14(11(9)3)13(5)16(18-15)17(6,7)8;2*1-9-7-8-10(2)13-12(9)11(3)14(16-13)15(4,5)6;1-9-7-6-8-11-12(9)10(2)13(15-11)14(3,4)5;1-9-7-6-8-11-10(2)13(14(3,4)5)15-12(9)11;1-9-7-6-8-11-12(9)10(2)13(15-11)14(3,4)5;1-9-7-6-8-11-10(2)13(14(3,4)5)15-12(9)11/h1-8H3;2*7-8H,1-6H3;4*6-8H,1-5H3. The van der Waals surface area contributed by atoms with Gasteiger partial charge in [0.25, 0.3) is 0 Å². The monoisotopic (exact) mass is 1550 g/mol. The lowest BCUT2D eigenvalue weighted by molar-refractivity contribution is 0.426. The van der Waals surface area contributed by atoms with Crippen molar-refractivity contribution in [1.29, 1.82) is 0 Å². The van der Waals surface area contributed by atoms with Crippen molar-refractivity contribution in [2.45, 2.75) is 315 Å². The number of thiophene rings is 4. The molecule has 0 bridgehead atoms. The number of rotatable bonds is 0. The van der Waals surface area contributed by atoms with Crippen LogP contribution in [0.3, 0.4) is 0 Å². The molecule has 14 aromatic rings. The Balaban J connectivity index is 0.000000161. The first-order chi connectivity index (χ1) is 50.4. The molecule has 0 unspecified atom stereocenters. The zero-order valence-corrected chi connectivity index (χ0v) is 78.9. The molecule has 0 aliphatic rings. The van der Waals surface area contributed by atoms with Gasteiger partial charge in [-0.2, -0.15) is 0 Å². The molecule has 0 fully saturated rings. The van der Waals surface area contributed by atoms with Crippen molar-refractivity contribution in [2.75, 3.05) is 0 Å². The highest BCUT2D eigenvalue weighted by Gasteiger charge is 2.30. The summed E-state index contributed by atoms with van der Waals surface area (Å²) in [4.78, 5) is 6.10. The van der Waals surface area contributed by atoms with Crippen molar-refractivity contribution in [1.82, 2.24) is 0 Å². The van der Waals surface area contributed by atoms with E-state index in [0.29, 0.717) is 0 Å². The predicted octanol–water partition coefficient (Wildman–Crippen LogP) is 33.8. The quantitative estimate of drug-likeness (QED) is 0.152. The molecule has 0 radical (unpaired) electrons. The van der Waals surface area contributed by atoms with Crippen LogP contribution in [-0.4, -0.2) is 0 Å². The zero-order valence-electron chi connectivity index (χ0n) is 75.6. The van der Waals surface area contributed by atoms with Gasteiger partial charge < -0.3 is 13.3 Å². The molecule has 0 saturated heterocycles. The lowest BCUT2D eigenvalue weighted by Crippen LogP contribution is -2.11. The Morgan fingerprint density at radius 1 is 0.209 bits per heavy atom. The third-order valence-electron chi connectivity index (χ3n) is 21.9. The Hall–Kier alpha value is -7.00. The van der Waals surface area contributed by atoms with Gasteiger partial charge in [0, 0.05) is 70.7 Å². The molecule has 590 valence electrons. The van der Waals surface area contributed by atoms with E-state index in [1.165, 1.54) is 182 Å². The van der Waals surface area contributed by atoms with E-state index in [-0.39, 0.29) is 37.9 Å². The van der Waals surface area contributed by atoms with Crippen molar-refractivity contribution in [3.63, 3.8) is 0 Å². The Kier molecular flexibility index (Phi) is 26.4. The second-order valence-corrected chi connectivity index (χ2v) is 43.1. The van der Waals surface area contributed by atoms with Gasteiger partial charge in [0.2, 0.25) is 0 Å². The second-order valence-electron chi connectivity index (χ2n) is 39.0. The van der Waals surface area contributed by atoms with Crippen LogP contribution in [0.5, 0.6) is 0 Å². The average molecular weight is 1550 g/mol. The molecule has 110 heavy (non-hydrogen) atoms. The van der Waals surface area contributed by atoms with Gasteiger partial charge >= 0.3 is 0 Å². The van der Waals surface area contributed by atoms with E-state index in [9.17, 15) is 0 Å². The van der Waals surface area contributed by atoms with Crippen LogP contribution in [0.25, 0.3) is 73.3 Å². The molecule has 0 saturated carbocycles. The van der Waals surface area contributed by atoms with Crippen LogP contribution < -0.4 is 0 Å². The molecule has 7 aromatic heterocycles. The Morgan fingerprint density at radius 3 is 1.04 bits per heavy atom. The van der Waals surface area contributed by atoms with Gasteiger partial charge in [-0.1, -0.05) is 230 Å². The first-order valence-corrected chi connectivity index (χ1v) is 43.2. The predicted molar refractivity (Wildman–Crippen MR) is 497 cm³/mol. The number of hydrogen-bond acceptors (Lipinski definition) is 7. The van der Waals surface area contributed by atoms with Crippen molar-refractivity contribution in [2.24, 2.45) is 0 Å². The van der Waals surface area contributed by atoms with Crippen molar-refractivity contribution in [3.8, 4) is 0 Å². The first kappa shape index (κ1) is 88.6. The summed E-state index contributed by atoms with van der Waals surface area (Å²) in [5.74, 6) is 3.32. The van der Waals surface area contributed by atoms with Crippen LogP contribution in [0.1, 0.15) is 288 Å². The molecule has 7 heterocycles. The second kappa shape index (κ2) is 32.8. The first-order valence-electron chi connectivity index (χ1n) is 39.9. The lowest BCUT2D eigenvalue weighted by Gasteiger charge is -2.17. The molecule has 0 amide bonds. The molecule has 0 atom stereocenters. The SMILES string of the molecule is Cc1c(C(C)(C)C)oc2c(C)cccc12.Cc1c(C(C)(C)C)sc2c(C)cccc12.Cc1c(C)c(C)c2c(C)c(C(C)(C)C)sc2c1C.Cc1ccc(C)c2c(C)c(C(C)(C)C)oc12.Cc1ccc(C)c2c(C)c(C(C)(C)C)sc12.Cc1cccc2oc(C(C)(C)C)c(C)c12.Cc1cccc2sc(C(C)(C)C)c(C)c12. The Bertz CT molecular complexity index is 5350. The molecular formula is C103H136O3S4. The van der Waals surface area contributed by atoms with Gasteiger partial charge in [-0.3, -0.25) is 0 Å². The normalized spacial score (nSPS) is 12.4. The number of benzene rings is 7. The van der Waals surface area contributed by atoms with Gasteiger partial charge in [0.1, 0.15) is 34.0 Å². The summed E-state index contributed by atoms with van der Waals surface area (Å²) in [6, 6.07) is 34.5. The summed E-state index contributed by atoms with van der Waals surface area (Å²) in [5, 5.41) is 9.71. The number of fused-ring (bicyclic) bond motifs is 7. The smallest absolute Gasteiger partial charge is 0.137 e. The summed E-state index contributed by atoms with van der Waals surface area (Å²) in [6.45, 7) is 89.2. The minimum Gasteiger partial charge on any atom is -0.460 e. The van der Waals surface area contributed by atoms with E-state index in [1.54, 1.807) is 0 Å². The maximum atomic E-state index is 6.07. The summed E-state index contributed by atoms with van der Waals surface area (Å²) in [7, 11) is 0. The van der Waals surface area contributed by atoms with Crippen LogP contribution in [0, 0.1) is 132 Å². The largest absolute Gasteiger partial charge is 0.460 e. The number of hydrogen-bond donors (Lipinski definition) is 0. The van der Waals surface area contributed by atoms with Gasteiger partial charge in [0.05, 0.1) is 0 Å². The van der Waals surface area contributed by atoms with Crippen molar-refractivity contribution in [3.05, 3.63) is 240 Å². The van der Waals surface area contributed by atoms with Gasteiger partial charge in [-0.05, 0) is 293 Å². The Morgan fingerprint density at radius 2 is 0.555 bits per heavy atom. The van der Waals surface area contributed by atoms with E-state index in [4.69, 9.17) is 13.3 Å². The highest BCUT2D eigenvalue weighted by molar-refractivity contribution is 7.20. The molecular weight excluding hydrogens is 1410 g/mol. The highest BCUT2D eigenvalue weighted by Crippen LogP contribution is 2.47. The molecule has 0 aliphatic heterocycles. The van der Waals surface area contributed by atoms with Crippen LogP contribution in [0.4, 0.5) is 0 Å². The molecule has 3 nitrogen and oxygen atoms in total. The van der Waals surface area contributed by atoms with E-state index < -0.39 is 0 Å². The topological polar surface area (TPSA) is 39.4 Å².